The van der Waals surface area contributed by atoms with Crippen LogP contribution in [-0.2, 0) is 9.59 Å². The van der Waals surface area contributed by atoms with Gasteiger partial charge in [0.2, 0.25) is 11.8 Å². The summed E-state index contributed by atoms with van der Waals surface area (Å²) in [7, 11) is 0. The van der Waals surface area contributed by atoms with E-state index >= 15 is 0 Å². The largest absolute Gasteiger partial charge is 0.275 e. The lowest BCUT2D eigenvalue weighted by atomic mass is 9.73. The van der Waals surface area contributed by atoms with Crippen LogP contribution in [0, 0.1) is 23.7 Å². The van der Waals surface area contributed by atoms with Gasteiger partial charge in [0.05, 0.1) is 17.9 Å². The van der Waals surface area contributed by atoms with Gasteiger partial charge in [-0.2, -0.15) is 0 Å². The van der Waals surface area contributed by atoms with Gasteiger partial charge in [-0.3, -0.25) is 14.5 Å². The van der Waals surface area contributed by atoms with Gasteiger partial charge in [0, 0.05) is 0 Å². The monoisotopic (exact) mass is 345 g/mol. The third-order valence-electron chi connectivity index (χ3n) is 6.95. The van der Waals surface area contributed by atoms with Crippen molar-refractivity contribution in [3.63, 3.8) is 0 Å². The lowest BCUT2D eigenvalue weighted by molar-refractivity contribution is -0.143. The molecule has 3 aliphatic rings. The highest BCUT2D eigenvalue weighted by Crippen LogP contribution is 2.62. The van der Waals surface area contributed by atoms with Crippen molar-refractivity contribution in [2.24, 2.45) is 23.7 Å². The average Bonchev–Trinajstić information content (AvgIpc) is 3.34. The van der Waals surface area contributed by atoms with Crippen molar-refractivity contribution in [3.8, 4) is 0 Å². The summed E-state index contributed by atoms with van der Waals surface area (Å²) in [6.45, 7) is 1.97. The zero-order valence-electron chi connectivity index (χ0n) is 14.9. The molecule has 132 valence electrons. The predicted molar refractivity (Wildman–Crippen MR) is 99.1 cm³/mol. The smallest absolute Gasteiger partial charge is 0.233 e. The topological polar surface area (TPSA) is 37.4 Å². The first-order valence-electron chi connectivity index (χ1n) is 9.63. The summed E-state index contributed by atoms with van der Waals surface area (Å²) >= 11 is 0. The molecule has 2 aromatic rings. The number of rotatable bonds is 3. The minimum Gasteiger partial charge on any atom is -0.275 e. The molecule has 0 unspecified atom stereocenters. The van der Waals surface area contributed by atoms with Crippen molar-refractivity contribution in [1.29, 1.82) is 0 Å². The van der Waals surface area contributed by atoms with Gasteiger partial charge < -0.3 is 0 Å². The summed E-state index contributed by atoms with van der Waals surface area (Å²) in [4.78, 5) is 28.0. The molecule has 3 heteroatoms. The van der Waals surface area contributed by atoms with E-state index in [1.54, 1.807) is 4.90 Å². The van der Waals surface area contributed by atoms with E-state index in [-0.39, 0.29) is 29.7 Å². The van der Waals surface area contributed by atoms with Gasteiger partial charge in [-0.15, -0.1) is 0 Å². The molecule has 26 heavy (non-hydrogen) atoms. The Bertz CT molecular complexity index is 847. The van der Waals surface area contributed by atoms with Crippen LogP contribution in [0.15, 0.2) is 60.7 Å². The highest BCUT2D eigenvalue weighted by Gasteiger charge is 2.64. The number of likely N-dealkylation sites (tertiary alicyclic amines) is 1. The van der Waals surface area contributed by atoms with Crippen LogP contribution in [0.2, 0.25) is 0 Å². The number of hydrogen-bond donors (Lipinski definition) is 0. The molecule has 0 spiro atoms. The average molecular weight is 345 g/mol. The summed E-state index contributed by atoms with van der Waals surface area (Å²) in [6.07, 6.45) is 2.07. The van der Waals surface area contributed by atoms with Gasteiger partial charge in [0.25, 0.3) is 0 Å². The molecule has 2 bridgehead atoms. The number of amides is 2. The summed E-state index contributed by atoms with van der Waals surface area (Å²) in [5.74, 6) is 1.03. The van der Waals surface area contributed by atoms with Crippen molar-refractivity contribution in [1.82, 2.24) is 4.90 Å². The minimum atomic E-state index is -0.184. The maximum absolute atomic E-state index is 13.3. The molecule has 2 amide bonds. The molecule has 6 atom stereocenters. The lowest BCUT2D eigenvalue weighted by Gasteiger charge is -2.29. The molecule has 0 N–H and O–H groups in total. The number of imide groups is 1. The van der Waals surface area contributed by atoms with Crippen LogP contribution in [0.5, 0.6) is 0 Å². The van der Waals surface area contributed by atoms with Crippen LogP contribution in [0.4, 0.5) is 0 Å². The fourth-order valence-electron chi connectivity index (χ4n) is 5.83. The van der Waals surface area contributed by atoms with Crippen LogP contribution in [0.25, 0.3) is 0 Å². The maximum Gasteiger partial charge on any atom is 0.233 e. The first kappa shape index (κ1) is 15.8. The second kappa shape index (κ2) is 5.80. The van der Waals surface area contributed by atoms with Crippen molar-refractivity contribution < 1.29 is 9.59 Å². The molecule has 2 saturated carbocycles. The summed E-state index contributed by atoms with van der Waals surface area (Å²) in [6, 6.07) is 20.2. The molecule has 3 nitrogen and oxygen atoms in total. The van der Waals surface area contributed by atoms with Crippen LogP contribution in [0.3, 0.4) is 0 Å². The zero-order valence-corrected chi connectivity index (χ0v) is 14.9. The van der Waals surface area contributed by atoms with Gasteiger partial charge in [0.1, 0.15) is 0 Å². The molecule has 1 aliphatic heterocycles. The van der Waals surface area contributed by atoms with E-state index in [4.69, 9.17) is 0 Å². The second-order valence-corrected chi connectivity index (χ2v) is 8.10. The van der Waals surface area contributed by atoms with Crippen LogP contribution in [-0.4, -0.2) is 16.7 Å². The van der Waals surface area contributed by atoms with Gasteiger partial charge in [-0.25, -0.2) is 0 Å². The zero-order chi connectivity index (χ0) is 17.8. The molecule has 2 aliphatic carbocycles. The Morgan fingerprint density at radius 1 is 0.846 bits per heavy atom. The predicted octanol–water partition coefficient (Wildman–Crippen LogP) is 4.17. The van der Waals surface area contributed by atoms with Crippen molar-refractivity contribution >= 4 is 11.8 Å². The Morgan fingerprint density at radius 2 is 1.46 bits per heavy atom. The number of carbonyl (C=O) groups excluding carboxylic acids is 2. The Hall–Kier alpha value is -2.42. The molecular weight excluding hydrogens is 322 g/mol. The van der Waals surface area contributed by atoms with E-state index in [2.05, 4.69) is 24.3 Å². The third kappa shape index (κ3) is 2.13. The van der Waals surface area contributed by atoms with E-state index in [9.17, 15) is 9.59 Å². The van der Waals surface area contributed by atoms with E-state index in [1.807, 2.05) is 43.3 Å². The number of carbonyl (C=O) groups is 2. The van der Waals surface area contributed by atoms with E-state index in [0.717, 1.165) is 18.4 Å². The van der Waals surface area contributed by atoms with Crippen LogP contribution in [0.1, 0.15) is 42.9 Å². The Morgan fingerprint density at radius 3 is 2.15 bits per heavy atom. The van der Waals surface area contributed by atoms with E-state index in [0.29, 0.717) is 17.8 Å². The third-order valence-corrected chi connectivity index (χ3v) is 6.95. The standard InChI is InChI=1S/C23H23NO2/c1-14(15-8-4-2-5-9-15)24-22(25)20-17-12-18(16-10-6-3-7-11-16)19(13-17)21(20)23(24)26/h2-11,14,17-21H,12-13H2,1H3/t14-,17+,18+,19-,20-,21+/m1/s1. The lowest BCUT2D eigenvalue weighted by Crippen LogP contribution is -2.35. The van der Waals surface area contributed by atoms with E-state index in [1.165, 1.54) is 5.56 Å². The molecule has 1 heterocycles. The highest BCUT2D eigenvalue weighted by molar-refractivity contribution is 6.06. The molecular formula is C23H23NO2. The molecule has 5 rings (SSSR count). The number of hydrogen-bond acceptors (Lipinski definition) is 2. The number of benzene rings is 2. The van der Waals surface area contributed by atoms with Gasteiger partial charge in [-0.1, -0.05) is 60.7 Å². The summed E-state index contributed by atoms with van der Waals surface area (Å²) < 4.78 is 0. The molecule has 3 fully saturated rings. The Balaban J connectivity index is 1.46. The molecule has 2 aromatic carbocycles. The summed E-state index contributed by atoms with van der Waals surface area (Å²) in [5, 5.41) is 0. The van der Waals surface area contributed by atoms with Crippen LogP contribution >= 0.6 is 0 Å². The minimum absolute atomic E-state index is 0.0597. The Labute approximate surface area is 154 Å². The second-order valence-electron chi connectivity index (χ2n) is 8.10. The van der Waals surface area contributed by atoms with Crippen molar-refractivity contribution in [2.45, 2.75) is 31.7 Å². The normalized spacial score (nSPS) is 33.6. The molecule has 0 radical (unpaired) electrons. The summed E-state index contributed by atoms with van der Waals surface area (Å²) in [5.41, 5.74) is 2.36. The SMILES string of the molecule is C[C@H](c1ccccc1)N1C(=O)[C@@H]2[C@@H]3C[C@@H]([C@@H]2C1=O)[C@H](c1ccccc1)C3. The fourth-order valence-corrected chi connectivity index (χ4v) is 5.83. The fraction of sp³-hybridized carbons (Fsp3) is 0.391. The van der Waals surface area contributed by atoms with Crippen molar-refractivity contribution in [2.75, 3.05) is 0 Å². The van der Waals surface area contributed by atoms with Gasteiger partial charge >= 0.3 is 0 Å². The number of nitrogens with zero attached hydrogens (tertiary/aromatic N) is 1. The molecule has 1 saturated heterocycles. The van der Waals surface area contributed by atoms with Crippen LogP contribution < -0.4 is 0 Å². The quantitative estimate of drug-likeness (QED) is 0.783. The Kier molecular flexibility index (Phi) is 3.53. The van der Waals surface area contributed by atoms with E-state index < -0.39 is 0 Å². The van der Waals surface area contributed by atoms with Crippen molar-refractivity contribution in [3.05, 3.63) is 71.8 Å². The molecule has 0 aromatic heterocycles. The maximum atomic E-state index is 13.3. The van der Waals surface area contributed by atoms with Gasteiger partial charge in [-0.05, 0) is 48.6 Å². The first-order chi connectivity index (χ1) is 12.7. The first-order valence-corrected chi connectivity index (χ1v) is 9.63. The highest BCUT2D eigenvalue weighted by atomic mass is 16.2. The van der Waals surface area contributed by atoms with Gasteiger partial charge in [0.15, 0.2) is 0 Å². The number of fused-ring (bicyclic) bond motifs is 5.